The predicted octanol–water partition coefficient (Wildman–Crippen LogP) is 3.03. The molecule has 60 valence electrons. The molecule has 1 heterocycles. The zero-order valence-electron chi connectivity index (χ0n) is 6.26. The molecule has 0 aliphatic heterocycles. The molecule has 0 N–H and O–H groups in total. The summed E-state index contributed by atoms with van der Waals surface area (Å²) in [6.45, 7) is 1.89. The van der Waals surface area contributed by atoms with Gasteiger partial charge in [-0.25, -0.2) is 0 Å². The maximum absolute atomic E-state index is 11.0. The lowest BCUT2D eigenvalue weighted by Crippen LogP contribution is -1.97. The second-order valence-corrected chi connectivity index (χ2v) is 4.82. The van der Waals surface area contributed by atoms with Crippen molar-refractivity contribution < 1.29 is 4.79 Å². The summed E-state index contributed by atoms with van der Waals surface area (Å²) in [5.74, 6) is 0.305. The quantitative estimate of drug-likeness (QED) is 0.784. The molecule has 0 unspecified atom stereocenters. The van der Waals surface area contributed by atoms with Gasteiger partial charge in [-0.15, -0.1) is 11.3 Å². The van der Waals surface area contributed by atoms with E-state index in [1.807, 2.05) is 19.1 Å². The highest BCUT2D eigenvalue weighted by Gasteiger charge is 2.02. The van der Waals surface area contributed by atoms with E-state index in [9.17, 15) is 4.79 Å². The molecule has 0 radical (unpaired) electrons. The van der Waals surface area contributed by atoms with Crippen LogP contribution in [0.5, 0.6) is 0 Å². The second kappa shape index (κ2) is 4.02. The standard InChI is InChI=1S/C8H9BrOS/c1-2-6(10)5-7-3-4-8(9)11-7/h3-4H,2,5H2,1H3. The van der Waals surface area contributed by atoms with Crippen molar-refractivity contribution in [1.82, 2.24) is 0 Å². The molecule has 0 aromatic carbocycles. The summed E-state index contributed by atoms with van der Waals surface area (Å²) >= 11 is 4.98. The minimum absolute atomic E-state index is 0.305. The van der Waals surface area contributed by atoms with E-state index in [1.54, 1.807) is 11.3 Å². The summed E-state index contributed by atoms with van der Waals surface area (Å²) < 4.78 is 1.09. The maximum Gasteiger partial charge on any atom is 0.137 e. The molecule has 0 bridgehead atoms. The van der Waals surface area contributed by atoms with Crippen molar-refractivity contribution in [2.75, 3.05) is 0 Å². The van der Waals surface area contributed by atoms with Crippen molar-refractivity contribution in [1.29, 1.82) is 0 Å². The van der Waals surface area contributed by atoms with Crippen LogP contribution in [0.25, 0.3) is 0 Å². The molecule has 0 atom stereocenters. The molecule has 0 amide bonds. The lowest BCUT2D eigenvalue weighted by molar-refractivity contribution is -0.118. The van der Waals surface area contributed by atoms with Gasteiger partial charge in [-0.05, 0) is 28.1 Å². The minimum Gasteiger partial charge on any atom is -0.299 e. The molecule has 0 aliphatic rings. The van der Waals surface area contributed by atoms with E-state index in [2.05, 4.69) is 15.9 Å². The Morgan fingerprint density at radius 3 is 2.82 bits per heavy atom. The molecule has 1 rings (SSSR count). The Bertz CT molecular complexity index is 254. The van der Waals surface area contributed by atoms with Crippen molar-refractivity contribution in [2.45, 2.75) is 19.8 Å². The monoisotopic (exact) mass is 232 g/mol. The van der Waals surface area contributed by atoms with E-state index >= 15 is 0 Å². The topological polar surface area (TPSA) is 17.1 Å². The number of thiophene rings is 1. The average molecular weight is 233 g/mol. The number of halogens is 1. The number of hydrogen-bond donors (Lipinski definition) is 0. The lowest BCUT2D eigenvalue weighted by Gasteiger charge is -1.91. The lowest BCUT2D eigenvalue weighted by atomic mass is 10.2. The van der Waals surface area contributed by atoms with Crippen molar-refractivity contribution in [3.8, 4) is 0 Å². The average Bonchev–Trinajstić information content (AvgIpc) is 2.35. The van der Waals surface area contributed by atoms with Crippen LogP contribution in [0, 0.1) is 0 Å². The number of hydrogen-bond acceptors (Lipinski definition) is 2. The molecule has 0 aliphatic carbocycles. The first kappa shape index (κ1) is 8.94. The summed E-state index contributed by atoms with van der Waals surface area (Å²) in [6, 6.07) is 3.96. The SMILES string of the molecule is CCC(=O)Cc1ccc(Br)s1. The summed E-state index contributed by atoms with van der Waals surface area (Å²) in [6.07, 6.45) is 1.22. The van der Waals surface area contributed by atoms with Crippen molar-refractivity contribution in [3.05, 3.63) is 20.8 Å². The van der Waals surface area contributed by atoms with Gasteiger partial charge in [0.25, 0.3) is 0 Å². The van der Waals surface area contributed by atoms with Gasteiger partial charge in [0.1, 0.15) is 5.78 Å². The number of Topliss-reactive ketones (excluding diaryl/α,β-unsaturated/α-hetero) is 1. The predicted molar refractivity (Wildman–Crippen MR) is 51.0 cm³/mol. The zero-order chi connectivity index (χ0) is 8.27. The molecule has 1 aromatic rings. The molecule has 0 saturated heterocycles. The van der Waals surface area contributed by atoms with Crippen molar-refractivity contribution >= 4 is 33.0 Å². The summed E-state index contributed by atoms with van der Waals surface area (Å²) in [5.41, 5.74) is 0. The minimum atomic E-state index is 0.305. The van der Waals surface area contributed by atoms with Crippen LogP contribution in [0.2, 0.25) is 0 Å². The Labute approximate surface area is 78.6 Å². The van der Waals surface area contributed by atoms with Gasteiger partial charge in [0.15, 0.2) is 0 Å². The maximum atomic E-state index is 11.0. The molecule has 11 heavy (non-hydrogen) atoms. The van der Waals surface area contributed by atoms with Crippen LogP contribution in [0.3, 0.4) is 0 Å². The Kier molecular flexibility index (Phi) is 3.27. The number of carbonyl (C=O) groups excluding carboxylic acids is 1. The van der Waals surface area contributed by atoms with Gasteiger partial charge >= 0.3 is 0 Å². The molecule has 1 aromatic heterocycles. The van der Waals surface area contributed by atoms with Gasteiger partial charge in [-0.3, -0.25) is 4.79 Å². The summed E-state index contributed by atoms with van der Waals surface area (Å²) in [4.78, 5) is 12.1. The van der Waals surface area contributed by atoms with Crippen LogP contribution in [0.1, 0.15) is 18.2 Å². The third kappa shape index (κ3) is 2.75. The van der Waals surface area contributed by atoms with Crippen LogP contribution in [-0.4, -0.2) is 5.78 Å². The Morgan fingerprint density at radius 2 is 2.36 bits per heavy atom. The van der Waals surface area contributed by atoms with Gasteiger partial charge in [0.05, 0.1) is 3.79 Å². The molecule has 0 spiro atoms. The summed E-state index contributed by atoms with van der Waals surface area (Å²) in [5, 5.41) is 0. The largest absolute Gasteiger partial charge is 0.299 e. The zero-order valence-corrected chi connectivity index (χ0v) is 8.67. The Balaban J connectivity index is 2.57. The van der Waals surface area contributed by atoms with Crippen LogP contribution in [0.15, 0.2) is 15.9 Å². The highest BCUT2D eigenvalue weighted by molar-refractivity contribution is 9.11. The van der Waals surface area contributed by atoms with Crippen molar-refractivity contribution in [2.24, 2.45) is 0 Å². The van der Waals surface area contributed by atoms with E-state index in [1.165, 1.54) is 0 Å². The van der Waals surface area contributed by atoms with Crippen LogP contribution in [-0.2, 0) is 11.2 Å². The van der Waals surface area contributed by atoms with Crippen LogP contribution < -0.4 is 0 Å². The summed E-state index contributed by atoms with van der Waals surface area (Å²) in [7, 11) is 0. The fourth-order valence-electron chi connectivity index (χ4n) is 0.766. The first-order chi connectivity index (χ1) is 5.22. The Morgan fingerprint density at radius 1 is 1.64 bits per heavy atom. The fraction of sp³-hybridized carbons (Fsp3) is 0.375. The fourth-order valence-corrected chi connectivity index (χ4v) is 2.28. The molecule has 3 heteroatoms. The van der Waals surface area contributed by atoms with Gasteiger partial charge in [-0.1, -0.05) is 6.92 Å². The first-order valence-corrected chi connectivity index (χ1v) is 5.09. The normalized spacial score (nSPS) is 10.0. The van der Waals surface area contributed by atoms with E-state index in [-0.39, 0.29) is 0 Å². The number of ketones is 1. The van der Waals surface area contributed by atoms with Crippen LogP contribution in [0.4, 0.5) is 0 Å². The van der Waals surface area contributed by atoms with Gasteiger partial charge in [0.2, 0.25) is 0 Å². The molecular formula is C8H9BrOS. The highest BCUT2D eigenvalue weighted by Crippen LogP contribution is 2.22. The van der Waals surface area contributed by atoms with Gasteiger partial charge < -0.3 is 0 Å². The molecule has 0 fully saturated rings. The van der Waals surface area contributed by atoms with Gasteiger partial charge in [-0.2, -0.15) is 0 Å². The van der Waals surface area contributed by atoms with E-state index in [0.29, 0.717) is 18.6 Å². The molecule has 0 saturated carbocycles. The highest BCUT2D eigenvalue weighted by atomic mass is 79.9. The Hall–Kier alpha value is -0.150. The third-order valence-corrected chi connectivity index (χ3v) is 3.02. The van der Waals surface area contributed by atoms with Crippen molar-refractivity contribution in [3.63, 3.8) is 0 Å². The smallest absolute Gasteiger partial charge is 0.137 e. The third-order valence-electron chi connectivity index (χ3n) is 1.39. The number of carbonyl (C=O) groups is 1. The molecule has 1 nitrogen and oxygen atoms in total. The number of rotatable bonds is 3. The second-order valence-electron chi connectivity index (χ2n) is 2.27. The first-order valence-electron chi connectivity index (χ1n) is 3.48. The van der Waals surface area contributed by atoms with Crippen LogP contribution >= 0.6 is 27.3 Å². The van der Waals surface area contributed by atoms with E-state index in [0.717, 1.165) is 8.66 Å². The van der Waals surface area contributed by atoms with E-state index < -0.39 is 0 Å². The van der Waals surface area contributed by atoms with Gasteiger partial charge in [0, 0.05) is 17.7 Å². The molecular weight excluding hydrogens is 224 g/mol. The van der Waals surface area contributed by atoms with E-state index in [4.69, 9.17) is 0 Å².